The Balaban J connectivity index is 4.28. The minimum atomic E-state index is -0.199. The zero-order chi connectivity index (χ0) is 31.1. The van der Waals surface area contributed by atoms with E-state index in [0.29, 0.717) is 58.2 Å². The average molecular weight is 594 g/mol. The summed E-state index contributed by atoms with van der Waals surface area (Å²) in [6, 6.07) is 0. The summed E-state index contributed by atoms with van der Waals surface area (Å²) in [5.74, 6) is -0.552. The van der Waals surface area contributed by atoms with Crippen LogP contribution in [0.25, 0.3) is 0 Å². The number of carbonyl (C=O) groups excluding carboxylic acids is 3. The third-order valence-corrected chi connectivity index (χ3v) is 7.06. The van der Waals surface area contributed by atoms with E-state index in [1.807, 2.05) is 26.2 Å². The van der Waals surface area contributed by atoms with Crippen molar-refractivity contribution >= 4 is 17.9 Å². The zero-order valence-corrected chi connectivity index (χ0v) is 27.5. The predicted molar refractivity (Wildman–Crippen MR) is 172 cm³/mol. The van der Waals surface area contributed by atoms with E-state index in [2.05, 4.69) is 30.9 Å². The summed E-state index contributed by atoms with van der Waals surface area (Å²) in [5, 5.41) is 0. The molecule has 0 aliphatic heterocycles. The lowest BCUT2D eigenvalue weighted by atomic mass is 10.0. The van der Waals surface area contributed by atoms with Crippen LogP contribution in [0.4, 0.5) is 0 Å². The molecule has 244 valence electrons. The number of hydrogen-bond donors (Lipinski definition) is 0. The van der Waals surface area contributed by atoms with E-state index < -0.39 is 0 Å². The Hall–Kier alpha value is -2.15. The molecule has 0 N–H and O–H groups in total. The van der Waals surface area contributed by atoms with Gasteiger partial charge in [-0.2, -0.15) is 0 Å². The fourth-order valence-electron chi connectivity index (χ4n) is 4.51. The lowest BCUT2D eigenvalue weighted by Crippen LogP contribution is -2.20. The van der Waals surface area contributed by atoms with Gasteiger partial charge in [0.15, 0.2) is 0 Å². The Kier molecular flexibility index (Phi) is 28.8. The van der Waals surface area contributed by atoms with Crippen molar-refractivity contribution in [2.24, 2.45) is 0 Å². The van der Waals surface area contributed by atoms with Crippen LogP contribution in [-0.4, -0.2) is 62.8 Å². The molecule has 0 aromatic heterocycles. The lowest BCUT2D eigenvalue weighted by Gasteiger charge is -2.18. The molecule has 42 heavy (non-hydrogen) atoms. The fraction of sp³-hybridized carbons (Fsp3) is 0.800. The van der Waals surface area contributed by atoms with Crippen LogP contribution < -0.4 is 0 Å². The molecule has 0 radical (unpaired) electrons. The van der Waals surface area contributed by atoms with Crippen molar-refractivity contribution in [3.63, 3.8) is 0 Å². The minimum absolute atomic E-state index is 0.177. The van der Waals surface area contributed by atoms with E-state index in [-0.39, 0.29) is 24.0 Å². The Bertz CT molecular complexity index is 672. The molecular weight excluding hydrogens is 530 g/mol. The summed E-state index contributed by atoms with van der Waals surface area (Å²) in [6.07, 6.45) is 26.0. The maximum atomic E-state index is 12.4. The number of hydrogen-bond acceptors (Lipinski definition) is 7. The molecule has 0 unspecified atom stereocenters. The van der Waals surface area contributed by atoms with Gasteiger partial charge in [-0.3, -0.25) is 14.4 Å². The van der Waals surface area contributed by atoms with Gasteiger partial charge in [0, 0.05) is 19.3 Å². The number of esters is 3. The molecule has 0 aromatic carbocycles. The number of nitrogens with zero attached hydrogens (tertiary/aromatic N) is 1. The molecule has 0 amide bonds. The van der Waals surface area contributed by atoms with Crippen LogP contribution >= 0.6 is 0 Å². The summed E-state index contributed by atoms with van der Waals surface area (Å²) in [5.41, 5.74) is 0. The van der Waals surface area contributed by atoms with Gasteiger partial charge in [-0.1, -0.05) is 76.7 Å². The minimum Gasteiger partial charge on any atom is -0.462 e. The summed E-state index contributed by atoms with van der Waals surface area (Å²) in [6.45, 7) is 5.90. The highest BCUT2D eigenvalue weighted by atomic mass is 16.5. The van der Waals surface area contributed by atoms with Gasteiger partial charge in [-0.25, -0.2) is 0 Å². The molecule has 0 saturated heterocycles. The molecule has 0 spiro atoms. The molecule has 0 aliphatic carbocycles. The van der Waals surface area contributed by atoms with E-state index in [1.54, 1.807) is 0 Å². The first-order valence-electron chi connectivity index (χ1n) is 16.8. The van der Waals surface area contributed by atoms with Crippen molar-refractivity contribution in [1.82, 2.24) is 4.90 Å². The van der Waals surface area contributed by atoms with Crippen LogP contribution in [0.15, 0.2) is 24.3 Å². The van der Waals surface area contributed by atoms with E-state index >= 15 is 0 Å². The van der Waals surface area contributed by atoms with E-state index in [4.69, 9.17) is 14.2 Å². The summed E-state index contributed by atoms with van der Waals surface area (Å²) in [4.78, 5) is 38.6. The Labute approximate surface area is 257 Å². The quantitative estimate of drug-likeness (QED) is 0.0372. The Morgan fingerprint density at radius 3 is 1.50 bits per heavy atom. The molecule has 0 saturated carbocycles. The molecule has 0 bridgehead atoms. The maximum absolute atomic E-state index is 12.4. The molecular formula is C35H63NO6. The van der Waals surface area contributed by atoms with Gasteiger partial charge in [0.1, 0.15) is 19.3 Å². The first kappa shape index (κ1) is 39.8. The van der Waals surface area contributed by atoms with Crippen LogP contribution in [0.2, 0.25) is 0 Å². The van der Waals surface area contributed by atoms with Crippen LogP contribution in [-0.2, 0) is 28.6 Å². The van der Waals surface area contributed by atoms with Crippen LogP contribution in [0, 0.1) is 0 Å². The highest BCUT2D eigenvalue weighted by Gasteiger charge is 2.15. The van der Waals surface area contributed by atoms with Crippen LogP contribution in [0.5, 0.6) is 0 Å². The molecule has 0 aliphatic rings. The number of carbonyl (C=O) groups is 3. The highest BCUT2D eigenvalue weighted by molar-refractivity contribution is 5.70. The first-order chi connectivity index (χ1) is 20.4. The molecule has 7 heteroatoms. The van der Waals surface area contributed by atoms with Crippen molar-refractivity contribution in [2.45, 2.75) is 148 Å². The van der Waals surface area contributed by atoms with E-state index in [0.717, 1.165) is 38.6 Å². The predicted octanol–water partition coefficient (Wildman–Crippen LogP) is 8.50. The number of ether oxygens (including phenoxy) is 3. The SMILES string of the molecule is CCCCCC/C=C\COC(=O)CCCCC(CCCCC(=O)OC/C=C\CCCCCC)OC(=O)CCCN(C)C. The second-order valence-electron chi connectivity index (χ2n) is 11.5. The Morgan fingerprint density at radius 2 is 1.05 bits per heavy atom. The van der Waals surface area contributed by atoms with Crippen molar-refractivity contribution in [2.75, 3.05) is 33.9 Å². The summed E-state index contributed by atoms with van der Waals surface area (Å²) in [7, 11) is 3.97. The van der Waals surface area contributed by atoms with E-state index in [1.165, 1.54) is 51.4 Å². The normalized spacial score (nSPS) is 11.7. The summed E-state index contributed by atoms with van der Waals surface area (Å²) < 4.78 is 16.4. The van der Waals surface area contributed by atoms with Crippen molar-refractivity contribution in [3.05, 3.63) is 24.3 Å². The van der Waals surface area contributed by atoms with Crippen LogP contribution in [0.1, 0.15) is 142 Å². The second-order valence-corrected chi connectivity index (χ2v) is 11.5. The van der Waals surface area contributed by atoms with Crippen molar-refractivity contribution in [3.8, 4) is 0 Å². The second kappa shape index (κ2) is 30.3. The molecule has 7 nitrogen and oxygen atoms in total. The van der Waals surface area contributed by atoms with Gasteiger partial charge in [-0.05, 0) is 91.3 Å². The van der Waals surface area contributed by atoms with Crippen molar-refractivity contribution < 1.29 is 28.6 Å². The third-order valence-electron chi connectivity index (χ3n) is 7.06. The summed E-state index contributed by atoms with van der Waals surface area (Å²) >= 11 is 0. The number of allylic oxidation sites excluding steroid dienone is 2. The largest absolute Gasteiger partial charge is 0.462 e. The Morgan fingerprint density at radius 1 is 0.571 bits per heavy atom. The molecule has 0 atom stereocenters. The smallest absolute Gasteiger partial charge is 0.306 e. The van der Waals surface area contributed by atoms with Gasteiger partial charge in [-0.15, -0.1) is 0 Å². The molecule has 0 rings (SSSR count). The van der Waals surface area contributed by atoms with Crippen LogP contribution in [0.3, 0.4) is 0 Å². The van der Waals surface area contributed by atoms with E-state index in [9.17, 15) is 14.4 Å². The van der Waals surface area contributed by atoms with Gasteiger partial charge in [0.05, 0.1) is 0 Å². The third kappa shape index (κ3) is 29.3. The topological polar surface area (TPSA) is 82.1 Å². The van der Waals surface area contributed by atoms with Gasteiger partial charge >= 0.3 is 17.9 Å². The monoisotopic (exact) mass is 593 g/mol. The number of rotatable bonds is 29. The van der Waals surface area contributed by atoms with Gasteiger partial charge < -0.3 is 19.1 Å². The van der Waals surface area contributed by atoms with Gasteiger partial charge in [0.2, 0.25) is 0 Å². The van der Waals surface area contributed by atoms with Crippen molar-refractivity contribution in [1.29, 1.82) is 0 Å². The molecule has 0 heterocycles. The standard InChI is InChI=1S/C35H63NO6/c1-5-7-9-11-13-15-21-30-40-33(37)26-19-17-24-32(42-35(39)28-23-29-36(3)4)25-18-20-27-34(38)41-31-22-16-14-12-10-8-6-2/h15-16,21-22,32H,5-14,17-20,23-31H2,1-4H3/b21-15-,22-16-. The highest BCUT2D eigenvalue weighted by Crippen LogP contribution is 2.16. The zero-order valence-electron chi connectivity index (χ0n) is 27.5. The van der Waals surface area contributed by atoms with Gasteiger partial charge in [0.25, 0.3) is 0 Å². The number of unbranched alkanes of at least 4 members (excludes halogenated alkanes) is 10. The lowest BCUT2D eigenvalue weighted by molar-refractivity contribution is -0.150. The molecule has 0 fully saturated rings. The maximum Gasteiger partial charge on any atom is 0.306 e. The fourth-order valence-corrected chi connectivity index (χ4v) is 4.51. The first-order valence-corrected chi connectivity index (χ1v) is 16.8. The average Bonchev–Trinajstić information content (AvgIpc) is 2.95. The molecule has 0 aromatic rings.